The third kappa shape index (κ3) is 5.65. The van der Waals surface area contributed by atoms with Gasteiger partial charge in [-0.25, -0.2) is 15.0 Å². The van der Waals surface area contributed by atoms with Crippen molar-refractivity contribution < 1.29 is 14.3 Å². The molecule has 5 heterocycles. The molecular weight excluding hydrogens is 536 g/mol. The highest BCUT2D eigenvalue weighted by Crippen LogP contribution is 2.39. The van der Waals surface area contributed by atoms with Gasteiger partial charge in [0, 0.05) is 47.2 Å². The van der Waals surface area contributed by atoms with Gasteiger partial charge in [0.25, 0.3) is 5.91 Å². The minimum atomic E-state index is -0.290. The van der Waals surface area contributed by atoms with Crippen molar-refractivity contribution in [2.45, 2.75) is 12.8 Å². The standard InChI is InChI=1S/C31H28N6O3S/c1-2-28(38)35-23-5-3-21(4-6-23)30(39)37-11-7-20(8-12-37)27-16-26-29(41-27)24(19-9-13-40-14-10-19)15-25(36-26)22-17-33-31(32)34-18-22/h2-7,9,15-18H,1,8,10-14H2,(H,35,38)(H2,32,33,34). The Morgan fingerprint density at radius 3 is 2.56 bits per heavy atom. The first-order chi connectivity index (χ1) is 20.0. The van der Waals surface area contributed by atoms with Crippen LogP contribution >= 0.6 is 11.3 Å². The second-order valence-corrected chi connectivity index (χ2v) is 10.8. The van der Waals surface area contributed by atoms with Gasteiger partial charge in [0.2, 0.25) is 11.9 Å². The van der Waals surface area contributed by atoms with Crippen LogP contribution < -0.4 is 11.1 Å². The number of ether oxygens (including phenoxy) is 1. The van der Waals surface area contributed by atoms with Gasteiger partial charge in [-0.3, -0.25) is 9.59 Å². The summed E-state index contributed by atoms with van der Waals surface area (Å²) in [5.74, 6) is -0.101. The molecule has 0 bridgehead atoms. The Bertz CT molecular complexity index is 1710. The number of pyridine rings is 1. The van der Waals surface area contributed by atoms with Crippen molar-refractivity contribution in [2.24, 2.45) is 0 Å². The first kappa shape index (κ1) is 26.5. The molecule has 0 spiro atoms. The Morgan fingerprint density at radius 2 is 1.88 bits per heavy atom. The molecule has 2 amide bonds. The van der Waals surface area contributed by atoms with E-state index in [9.17, 15) is 9.59 Å². The predicted molar refractivity (Wildman–Crippen MR) is 162 cm³/mol. The second-order valence-electron chi connectivity index (χ2n) is 9.77. The SMILES string of the molecule is C=CC(=O)Nc1ccc(C(=O)N2CC=C(c3cc4nc(-c5cnc(N)nc5)cc(C5=CCOCC5)c4s3)CC2)cc1. The lowest BCUT2D eigenvalue weighted by Crippen LogP contribution is -2.34. The highest BCUT2D eigenvalue weighted by molar-refractivity contribution is 7.20. The Morgan fingerprint density at radius 1 is 1.07 bits per heavy atom. The van der Waals surface area contributed by atoms with E-state index in [0.29, 0.717) is 37.6 Å². The van der Waals surface area contributed by atoms with E-state index in [2.05, 4.69) is 46.1 Å². The number of anilines is 2. The fourth-order valence-corrected chi connectivity index (χ4v) is 6.17. The van der Waals surface area contributed by atoms with Crippen molar-refractivity contribution in [2.75, 3.05) is 37.4 Å². The van der Waals surface area contributed by atoms with Crippen LogP contribution in [0.2, 0.25) is 0 Å². The number of nitrogens with one attached hydrogen (secondary N) is 1. The number of benzene rings is 1. The molecule has 0 atom stereocenters. The number of nitrogens with zero attached hydrogens (tertiary/aromatic N) is 4. The van der Waals surface area contributed by atoms with Crippen molar-refractivity contribution >= 4 is 56.1 Å². The lowest BCUT2D eigenvalue weighted by atomic mass is 9.99. The van der Waals surface area contributed by atoms with Crippen LogP contribution in [0.25, 0.3) is 32.6 Å². The summed E-state index contributed by atoms with van der Waals surface area (Å²) < 4.78 is 6.70. The van der Waals surface area contributed by atoms with Crippen LogP contribution in [0, 0.1) is 0 Å². The van der Waals surface area contributed by atoms with E-state index in [1.54, 1.807) is 48.0 Å². The maximum Gasteiger partial charge on any atom is 0.254 e. The van der Waals surface area contributed by atoms with Gasteiger partial charge in [-0.05, 0) is 72.0 Å². The first-order valence-corrected chi connectivity index (χ1v) is 14.1. The topological polar surface area (TPSA) is 123 Å². The minimum absolute atomic E-state index is 0.0380. The van der Waals surface area contributed by atoms with E-state index >= 15 is 0 Å². The Kier molecular flexibility index (Phi) is 7.41. The van der Waals surface area contributed by atoms with Crippen molar-refractivity contribution in [3.05, 3.63) is 89.6 Å². The number of carbonyl (C=O) groups is 2. The minimum Gasteiger partial charge on any atom is -0.377 e. The zero-order valence-electron chi connectivity index (χ0n) is 22.3. The highest BCUT2D eigenvalue weighted by atomic mass is 32.1. The van der Waals surface area contributed by atoms with Crippen LogP contribution in [0.15, 0.2) is 73.6 Å². The van der Waals surface area contributed by atoms with E-state index < -0.39 is 0 Å². The summed E-state index contributed by atoms with van der Waals surface area (Å²) in [6, 6.07) is 11.2. The van der Waals surface area contributed by atoms with Crippen LogP contribution in [-0.4, -0.2) is 58.0 Å². The molecule has 6 rings (SSSR count). The average molecular weight is 565 g/mol. The first-order valence-electron chi connectivity index (χ1n) is 13.3. The monoisotopic (exact) mass is 564 g/mol. The Hall–Kier alpha value is -4.67. The highest BCUT2D eigenvalue weighted by Gasteiger charge is 2.22. The van der Waals surface area contributed by atoms with Crippen molar-refractivity contribution in [3.8, 4) is 11.3 Å². The number of fused-ring (bicyclic) bond motifs is 1. The fourth-order valence-electron chi connectivity index (χ4n) is 4.96. The maximum absolute atomic E-state index is 13.1. The quantitative estimate of drug-likeness (QED) is 0.309. The summed E-state index contributed by atoms with van der Waals surface area (Å²) >= 11 is 1.74. The zero-order valence-corrected chi connectivity index (χ0v) is 23.1. The van der Waals surface area contributed by atoms with E-state index in [1.807, 2.05) is 4.90 Å². The molecule has 2 aliphatic heterocycles. The van der Waals surface area contributed by atoms with Crippen molar-refractivity contribution in [1.29, 1.82) is 0 Å². The average Bonchev–Trinajstić information content (AvgIpc) is 3.46. The molecule has 0 fully saturated rings. The molecule has 9 nitrogen and oxygen atoms in total. The van der Waals surface area contributed by atoms with Crippen LogP contribution in [0.5, 0.6) is 0 Å². The number of carbonyl (C=O) groups excluding carboxylic acids is 2. The van der Waals surface area contributed by atoms with Crippen LogP contribution in [0.4, 0.5) is 11.6 Å². The van der Waals surface area contributed by atoms with Crippen molar-refractivity contribution in [1.82, 2.24) is 19.9 Å². The molecule has 1 aromatic carbocycles. The lowest BCUT2D eigenvalue weighted by molar-refractivity contribution is -0.111. The molecule has 4 aromatic rings. The molecule has 0 saturated carbocycles. The number of hydrogen-bond donors (Lipinski definition) is 2. The molecule has 3 N–H and O–H groups in total. The van der Waals surface area contributed by atoms with Gasteiger partial charge < -0.3 is 20.7 Å². The smallest absolute Gasteiger partial charge is 0.254 e. The number of rotatable bonds is 6. The summed E-state index contributed by atoms with van der Waals surface area (Å²) in [4.78, 5) is 40.9. The Labute approximate surface area is 241 Å². The molecule has 2 aliphatic rings. The van der Waals surface area contributed by atoms with Gasteiger partial charge in [0.1, 0.15) is 0 Å². The van der Waals surface area contributed by atoms with Gasteiger partial charge in [0.05, 0.1) is 29.1 Å². The zero-order chi connectivity index (χ0) is 28.3. The molecule has 206 valence electrons. The number of hydrogen-bond acceptors (Lipinski definition) is 8. The third-order valence-corrected chi connectivity index (χ3v) is 8.39. The number of amides is 2. The van der Waals surface area contributed by atoms with Crippen molar-refractivity contribution in [3.63, 3.8) is 0 Å². The van der Waals surface area contributed by atoms with Gasteiger partial charge in [0.15, 0.2) is 0 Å². The second kappa shape index (κ2) is 11.4. The van der Waals surface area contributed by atoms with E-state index in [4.69, 9.17) is 15.5 Å². The summed E-state index contributed by atoms with van der Waals surface area (Å²) in [6.07, 6.45) is 10.5. The number of thiophene rings is 1. The van der Waals surface area contributed by atoms with E-state index in [-0.39, 0.29) is 17.8 Å². The molecule has 0 unspecified atom stereocenters. The largest absolute Gasteiger partial charge is 0.377 e. The van der Waals surface area contributed by atoms with Gasteiger partial charge >= 0.3 is 0 Å². The fraction of sp³-hybridized carbons (Fsp3) is 0.194. The molecule has 0 aliphatic carbocycles. The molecule has 41 heavy (non-hydrogen) atoms. The molecule has 0 radical (unpaired) electrons. The third-order valence-electron chi connectivity index (χ3n) is 7.15. The molecule has 3 aromatic heterocycles. The van der Waals surface area contributed by atoms with Crippen LogP contribution in [0.1, 0.15) is 33.6 Å². The Balaban J connectivity index is 1.26. The summed E-state index contributed by atoms with van der Waals surface area (Å²) in [6.45, 7) is 5.88. The van der Waals surface area contributed by atoms with E-state index in [0.717, 1.165) is 44.8 Å². The van der Waals surface area contributed by atoms with Gasteiger partial charge in [-0.15, -0.1) is 11.3 Å². The van der Waals surface area contributed by atoms with Gasteiger partial charge in [-0.2, -0.15) is 0 Å². The number of nitrogen functional groups attached to an aromatic ring is 1. The number of nitrogens with two attached hydrogens (primary N) is 1. The molecule has 0 saturated heterocycles. The predicted octanol–water partition coefficient (Wildman–Crippen LogP) is 5.19. The van der Waals surface area contributed by atoms with Crippen LogP contribution in [-0.2, 0) is 9.53 Å². The lowest BCUT2D eigenvalue weighted by Gasteiger charge is -2.26. The van der Waals surface area contributed by atoms with Gasteiger partial charge in [-0.1, -0.05) is 18.7 Å². The summed E-state index contributed by atoms with van der Waals surface area (Å²) in [7, 11) is 0. The summed E-state index contributed by atoms with van der Waals surface area (Å²) in [5, 5.41) is 2.70. The van der Waals surface area contributed by atoms with E-state index in [1.165, 1.54) is 17.2 Å². The maximum atomic E-state index is 13.1. The molecular formula is C31H28N6O3S. The summed E-state index contributed by atoms with van der Waals surface area (Å²) in [5.41, 5.74) is 13.1. The van der Waals surface area contributed by atoms with Crippen LogP contribution in [0.3, 0.4) is 0 Å². The normalized spacial score (nSPS) is 15.3. The number of aromatic nitrogens is 3. The molecule has 10 heteroatoms.